The van der Waals surface area contributed by atoms with Crippen LogP contribution in [0.3, 0.4) is 0 Å². The third-order valence-corrected chi connectivity index (χ3v) is 6.88. The van der Waals surface area contributed by atoms with Crippen LogP contribution in [0.25, 0.3) is 11.1 Å². The third-order valence-electron chi connectivity index (χ3n) is 6.88. The number of amides is 1. The van der Waals surface area contributed by atoms with E-state index in [0.29, 0.717) is 43.4 Å². The molecule has 2 aliphatic rings. The number of H-pyrrole nitrogens is 1. The lowest BCUT2D eigenvalue weighted by Crippen LogP contribution is -2.44. The second-order valence-corrected chi connectivity index (χ2v) is 9.13. The standard InChI is InChI=1S/C26H31N7O3/c1-17-16-36-13-11-32(17)24-14-20(21(15-27)26(30-24)29-23-8-9-28-31-23)18-2-4-19(5-3-18)22-6-7-25(35)33(22)10-12-34/h2-5,8-9,14-15,17,22,27,34H,6-7,10-13,16H2,1H3,(H2,28,29,30,31)/t17-,22?/m1/s1. The number of hydrogen-bond acceptors (Lipinski definition) is 8. The van der Waals surface area contributed by atoms with E-state index in [1.165, 1.54) is 6.21 Å². The number of aromatic nitrogens is 3. The van der Waals surface area contributed by atoms with Crippen LogP contribution in [0.1, 0.15) is 36.9 Å². The Labute approximate surface area is 209 Å². The van der Waals surface area contributed by atoms with Gasteiger partial charge in [0, 0.05) is 37.4 Å². The SMILES string of the molecule is C[C@@H]1COCCN1c1cc(-c2ccc(C3CCC(=O)N3CCO)cc2)c(C=N)c(Nc2ccn[nH]2)n1. The van der Waals surface area contributed by atoms with Crippen LogP contribution in [-0.4, -0.2) is 76.3 Å². The van der Waals surface area contributed by atoms with Crippen molar-refractivity contribution in [3.05, 3.63) is 53.7 Å². The Morgan fingerprint density at radius 1 is 1.31 bits per heavy atom. The molecule has 2 saturated heterocycles. The molecular weight excluding hydrogens is 458 g/mol. The molecule has 2 atom stereocenters. The Bertz CT molecular complexity index is 1210. The lowest BCUT2D eigenvalue weighted by molar-refractivity contribution is -0.129. The first-order valence-electron chi connectivity index (χ1n) is 12.3. The third kappa shape index (κ3) is 4.69. The first-order valence-corrected chi connectivity index (χ1v) is 12.3. The van der Waals surface area contributed by atoms with Crippen LogP contribution >= 0.6 is 0 Å². The van der Waals surface area contributed by atoms with Gasteiger partial charge in [-0.15, -0.1) is 0 Å². The lowest BCUT2D eigenvalue weighted by Gasteiger charge is -2.35. The zero-order chi connectivity index (χ0) is 25.1. The van der Waals surface area contributed by atoms with Crippen molar-refractivity contribution >= 4 is 29.6 Å². The number of aliphatic hydroxyl groups is 1. The number of aromatic amines is 1. The van der Waals surface area contributed by atoms with E-state index in [9.17, 15) is 9.90 Å². The van der Waals surface area contributed by atoms with Gasteiger partial charge in [0.05, 0.1) is 38.1 Å². The maximum absolute atomic E-state index is 12.3. The van der Waals surface area contributed by atoms with Gasteiger partial charge in [-0.3, -0.25) is 9.89 Å². The van der Waals surface area contributed by atoms with Gasteiger partial charge in [0.15, 0.2) is 0 Å². The van der Waals surface area contributed by atoms with E-state index in [1.54, 1.807) is 11.1 Å². The van der Waals surface area contributed by atoms with Crippen molar-refractivity contribution in [3.8, 4) is 11.1 Å². The van der Waals surface area contributed by atoms with Crippen molar-refractivity contribution in [2.24, 2.45) is 0 Å². The van der Waals surface area contributed by atoms with Gasteiger partial charge in [-0.25, -0.2) is 4.98 Å². The summed E-state index contributed by atoms with van der Waals surface area (Å²) in [7, 11) is 0. The second kappa shape index (κ2) is 10.5. The van der Waals surface area contributed by atoms with E-state index >= 15 is 0 Å². The number of aliphatic hydroxyl groups excluding tert-OH is 1. The predicted molar refractivity (Wildman–Crippen MR) is 138 cm³/mol. The van der Waals surface area contributed by atoms with Crippen molar-refractivity contribution in [3.63, 3.8) is 0 Å². The zero-order valence-corrected chi connectivity index (χ0v) is 20.3. The summed E-state index contributed by atoms with van der Waals surface area (Å²) in [5.41, 5.74) is 3.55. The first-order chi connectivity index (χ1) is 17.6. The number of morpholine rings is 1. The molecule has 1 unspecified atom stereocenters. The van der Waals surface area contributed by atoms with Gasteiger partial charge >= 0.3 is 0 Å². The molecule has 10 heteroatoms. The average molecular weight is 490 g/mol. The Hall–Kier alpha value is -3.76. The number of likely N-dealkylation sites (tertiary alicyclic amines) is 1. The highest BCUT2D eigenvalue weighted by molar-refractivity contribution is 5.96. The molecule has 10 nitrogen and oxygen atoms in total. The molecule has 188 valence electrons. The van der Waals surface area contributed by atoms with Crippen LogP contribution in [0, 0.1) is 5.41 Å². The number of carbonyl (C=O) groups is 1. The number of carbonyl (C=O) groups excluding carboxylic acids is 1. The van der Waals surface area contributed by atoms with Crippen LogP contribution in [0.4, 0.5) is 17.5 Å². The molecule has 2 aromatic heterocycles. The first kappa shape index (κ1) is 24.0. The summed E-state index contributed by atoms with van der Waals surface area (Å²) < 4.78 is 5.63. The van der Waals surface area contributed by atoms with Crippen molar-refractivity contribution in [2.45, 2.75) is 31.8 Å². The summed E-state index contributed by atoms with van der Waals surface area (Å²) in [6.45, 7) is 4.41. The molecule has 3 aromatic rings. The van der Waals surface area contributed by atoms with Gasteiger partial charge in [0.2, 0.25) is 5.91 Å². The molecule has 0 radical (unpaired) electrons. The molecular formula is C26H31N7O3. The van der Waals surface area contributed by atoms with Crippen LogP contribution in [0.2, 0.25) is 0 Å². The van der Waals surface area contributed by atoms with E-state index < -0.39 is 0 Å². The van der Waals surface area contributed by atoms with Gasteiger partial charge in [0.1, 0.15) is 17.5 Å². The van der Waals surface area contributed by atoms with Crippen LogP contribution in [-0.2, 0) is 9.53 Å². The number of anilines is 3. The summed E-state index contributed by atoms with van der Waals surface area (Å²) >= 11 is 0. The quantitative estimate of drug-likeness (QED) is 0.358. The average Bonchev–Trinajstić information content (AvgIpc) is 3.54. The predicted octanol–water partition coefficient (Wildman–Crippen LogP) is 3.09. The van der Waals surface area contributed by atoms with E-state index in [-0.39, 0.29) is 24.6 Å². The molecule has 0 spiro atoms. The summed E-state index contributed by atoms with van der Waals surface area (Å²) in [4.78, 5) is 21.1. The fourth-order valence-electron chi connectivity index (χ4n) is 5.04. The fraction of sp³-hybridized carbons (Fsp3) is 0.385. The van der Waals surface area contributed by atoms with E-state index in [4.69, 9.17) is 15.1 Å². The summed E-state index contributed by atoms with van der Waals surface area (Å²) in [5.74, 6) is 2.15. The highest BCUT2D eigenvalue weighted by Gasteiger charge is 2.31. The van der Waals surface area contributed by atoms with E-state index in [0.717, 1.165) is 35.5 Å². The number of pyridine rings is 1. The summed E-state index contributed by atoms with van der Waals surface area (Å²) in [5, 5.41) is 27.8. The number of β-amino-alcohol motifs (C(OH)–C–C–N with tert-alkyl or cyclic N) is 1. The van der Waals surface area contributed by atoms with E-state index in [1.807, 2.05) is 36.4 Å². The normalized spacial score (nSPS) is 20.1. The molecule has 36 heavy (non-hydrogen) atoms. The highest BCUT2D eigenvalue weighted by atomic mass is 16.5. The Kier molecular flexibility index (Phi) is 6.97. The number of ether oxygens (including phenoxy) is 1. The maximum atomic E-state index is 12.3. The summed E-state index contributed by atoms with van der Waals surface area (Å²) in [6.07, 6.45) is 4.23. The molecule has 2 fully saturated rings. The molecule has 5 rings (SSSR count). The lowest BCUT2D eigenvalue weighted by atomic mass is 9.96. The smallest absolute Gasteiger partial charge is 0.223 e. The van der Waals surface area contributed by atoms with Crippen molar-refractivity contribution in [1.29, 1.82) is 5.41 Å². The minimum Gasteiger partial charge on any atom is -0.395 e. The maximum Gasteiger partial charge on any atom is 0.223 e. The number of rotatable bonds is 8. The summed E-state index contributed by atoms with van der Waals surface area (Å²) in [6, 6.07) is 12.1. The van der Waals surface area contributed by atoms with Gasteiger partial charge < -0.3 is 30.4 Å². The monoisotopic (exact) mass is 489 g/mol. The molecule has 4 N–H and O–H groups in total. The molecule has 0 saturated carbocycles. The molecule has 0 aliphatic carbocycles. The van der Waals surface area contributed by atoms with Gasteiger partial charge in [0.25, 0.3) is 0 Å². The Balaban J connectivity index is 1.54. The topological polar surface area (TPSA) is 130 Å². The second-order valence-electron chi connectivity index (χ2n) is 9.13. The van der Waals surface area contributed by atoms with Gasteiger partial charge in [-0.1, -0.05) is 24.3 Å². The zero-order valence-electron chi connectivity index (χ0n) is 20.3. The van der Waals surface area contributed by atoms with Crippen LogP contribution in [0.15, 0.2) is 42.6 Å². The molecule has 0 bridgehead atoms. The van der Waals surface area contributed by atoms with Crippen molar-refractivity contribution in [2.75, 3.05) is 43.1 Å². The number of nitrogens with one attached hydrogen (secondary N) is 3. The van der Waals surface area contributed by atoms with E-state index in [2.05, 4.69) is 27.3 Å². The molecule has 4 heterocycles. The number of nitrogens with zero attached hydrogens (tertiary/aromatic N) is 4. The van der Waals surface area contributed by atoms with Crippen LogP contribution in [0.5, 0.6) is 0 Å². The highest BCUT2D eigenvalue weighted by Crippen LogP contribution is 2.36. The molecule has 1 amide bonds. The minimum absolute atomic E-state index is 0.0271. The number of benzene rings is 1. The molecule has 2 aliphatic heterocycles. The van der Waals surface area contributed by atoms with Crippen molar-refractivity contribution < 1.29 is 14.6 Å². The Morgan fingerprint density at radius 3 is 2.83 bits per heavy atom. The molecule has 1 aromatic carbocycles. The largest absolute Gasteiger partial charge is 0.395 e. The fourth-order valence-corrected chi connectivity index (χ4v) is 5.04. The Morgan fingerprint density at radius 2 is 2.14 bits per heavy atom. The van der Waals surface area contributed by atoms with Crippen LogP contribution < -0.4 is 10.2 Å². The minimum atomic E-state index is -0.0467. The van der Waals surface area contributed by atoms with Gasteiger partial charge in [-0.2, -0.15) is 5.10 Å². The van der Waals surface area contributed by atoms with Crippen molar-refractivity contribution in [1.82, 2.24) is 20.1 Å². The number of hydrogen-bond donors (Lipinski definition) is 4. The van der Waals surface area contributed by atoms with Gasteiger partial charge in [-0.05, 0) is 36.1 Å².